The third-order valence-electron chi connectivity index (χ3n) is 2.99. The lowest BCUT2D eigenvalue weighted by molar-refractivity contribution is -0.123. The molecular formula is C16H18BrNO3. The molecule has 0 saturated heterocycles. The van der Waals surface area contributed by atoms with Gasteiger partial charge in [-0.1, -0.05) is 15.9 Å². The molecule has 0 unspecified atom stereocenters. The second-order valence-electron chi connectivity index (χ2n) is 4.83. The van der Waals surface area contributed by atoms with Crippen molar-refractivity contribution in [2.75, 3.05) is 6.61 Å². The Bertz CT molecular complexity index is 551. The molecule has 4 nitrogen and oxygen atoms in total. The molecule has 5 heteroatoms. The highest BCUT2D eigenvalue weighted by Gasteiger charge is 2.09. The largest absolute Gasteiger partial charge is 0.484 e. The van der Waals surface area contributed by atoms with Crippen molar-refractivity contribution in [2.45, 2.75) is 25.8 Å². The molecule has 1 N–H and O–H groups in total. The minimum atomic E-state index is -0.120. The SMILES string of the molecule is C[C@@H](CCc1ccco1)NC(=O)COc1ccc(Br)cc1. The lowest BCUT2D eigenvalue weighted by atomic mass is 10.1. The smallest absolute Gasteiger partial charge is 0.258 e. The molecule has 21 heavy (non-hydrogen) atoms. The van der Waals surface area contributed by atoms with Gasteiger partial charge >= 0.3 is 0 Å². The number of rotatable bonds is 7. The summed E-state index contributed by atoms with van der Waals surface area (Å²) in [5, 5.41) is 2.91. The molecule has 0 radical (unpaired) electrons. The highest BCUT2D eigenvalue weighted by Crippen LogP contribution is 2.15. The Kier molecular flexibility index (Phi) is 5.87. The third-order valence-corrected chi connectivity index (χ3v) is 3.52. The van der Waals surface area contributed by atoms with Gasteiger partial charge in [0, 0.05) is 16.9 Å². The van der Waals surface area contributed by atoms with Crippen LogP contribution in [0.15, 0.2) is 51.6 Å². The molecule has 1 aromatic heterocycles. The number of furan rings is 1. The Morgan fingerprint density at radius 1 is 1.33 bits per heavy atom. The van der Waals surface area contributed by atoms with E-state index in [1.54, 1.807) is 6.26 Å². The van der Waals surface area contributed by atoms with Crippen LogP contribution in [0.2, 0.25) is 0 Å². The van der Waals surface area contributed by atoms with Crippen molar-refractivity contribution >= 4 is 21.8 Å². The van der Waals surface area contributed by atoms with Gasteiger partial charge in [-0.2, -0.15) is 0 Å². The maximum absolute atomic E-state index is 11.8. The summed E-state index contributed by atoms with van der Waals surface area (Å²) >= 11 is 3.35. The summed E-state index contributed by atoms with van der Waals surface area (Å²) in [4.78, 5) is 11.8. The normalized spacial score (nSPS) is 11.9. The molecular weight excluding hydrogens is 334 g/mol. The summed E-state index contributed by atoms with van der Waals surface area (Å²) in [6.45, 7) is 1.99. The van der Waals surface area contributed by atoms with Gasteiger partial charge in [0.1, 0.15) is 11.5 Å². The molecule has 1 aromatic carbocycles. The van der Waals surface area contributed by atoms with Gasteiger partial charge in [0.25, 0.3) is 5.91 Å². The second-order valence-corrected chi connectivity index (χ2v) is 5.74. The fourth-order valence-corrected chi connectivity index (χ4v) is 2.15. The van der Waals surface area contributed by atoms with Gasteiger partial charge in [-0.25, -0.2) is 0 Å². The molecule has 0 fully saturated rings. The molecule has 0 bridgehead atoms. The van der Waals surface area contributed by atoms with Crippen molar-refractivity contribution in [1.29, 1.82) is 0 Å². The van der Waals surface area contributed by atoms with Crippen molar-refractivity contribution in [1.82, 2.24) is 5.32 Å². The topological polar surface area (TPSA) is 51.5 Å². The first-order valence-corrected chi connectivity index (χ1v) is 7.63. The summed E-state index contributed by atoms with van der Waals surface area (Å²) in [5.74, 6) is 1.49. The average molecular weight is 352 g/mol. The maximum atomic E-state index is 11.8. The van der Waals surface area contributed by atoms with Crippen LogP contribution in [0.4, 0.5) is 0 Å². The van der Waals surface area contributed by atoms with Crippen LogP contribution >= 0.6 is 15.9 Å². The number of carbonyl (C=O) groups is 1. The molecule has 2 rings (SSSR count). The summed E-state index contributed by atoms with van der Waals surface area (Å²) in [7, 11) is 0. The molecule has 112 valence electrons. The molecule has 0 saturated carbocycles. The zero-order valence-electron chi connectivity index (χ0n) is 11.8. The van der Waals surface area contributed by atoms with E-state index in [9.17, 15) is 4.79 Å². The Morgan fingerprint density at radius 3 is 2.76 bits per heavy atom. The monoisotopic (exact) mass is 351 g/mol. The van der Waals surface area contributed by atoms with Gasteiger partial charge in [-0.15, -0.1) is 0 Å². The number of nitrogens with one attached hydrogen (secondary N) is 1. The van der Waals surface area contributed by atoms with Crippen molar-refractivity contribution in [3.8, 4) is 5.75 Å². The predicted molar refractivity (Wildman–Crippen MR) is 84.3 cm³/mol. The van der Waals surface area contributed by atoms with Crippen LogP contribution in [-0.2, 0) is 11.2 Å². The minimum absolute atomic E-state index is 0.0206. The first-order chi connectivity index (χ1) is 10.1. The lowest BCUT2D eigenvalue weighted by Gasteiger charge is -2.13. The zero-order valence-corrected chi connectivity index (χ0v) is 13.4. The van der Waals surface area contributed by atoms with E-state index in [-0.39, 0.29) is 18.6 Å². The summed E-state index contributed by atoms with van der Waals surface area (Å²) in [6, 6.07) is 11.3. The minimum Gasteiger partial charge on any atom is -0.484 e. The molecule has 0 aliphatic heterocycles. The van der Waals surface area contributed by atoms with Gasteiger partial charge < -0.3 is 14.5 Å². The first-order valence-electron chi connectivity index (χ1n) is 6.83. The van der Waals surface area contributed by atoms with Crippen molar-refractivity contribution in [3.63, 3.8) is 0 Å². The molecule has 0 aliphatic rings. The first kappa shape index (κ1) is 15.6. The van der Waals surface area contributed by atoms with Crippen LogP contribution in [0, 0.1) is 0 Å². The molecule has 1 heterocycles. The van der Waals surface area contributed by atoms with E-state index >= 15 is 0 Å². The summed E-state index contributed by atoms with van der Waals surface area (Å²) < 4.78 is 11.7. The van der Waals surface area contributed by atoms with E-state index in [2.05, 4.69) is 21.2 Å². The van der Waals surface area contributed by atoms with E-state index in [0.717, 1.165) is 23.1 Å². The Morgan fingerprint density at radius 2 is 2.10 bits per heavy atom. The van der Waals surface area contributed by atoms with Gasteiger partial charge in [-0.3, -0.25) is 4.79 Å². The van der Waals surface area contributed by atoms with E-state index in [4.69, 9.17) is 9.15 Å². The lowest BCUT2D eigenvalue weighted by Crippen LogP contribution is -2.36. The number of aryl methyl sites for hydroxylation is 1. The summed E-state index contributed by atoms with van der Waals surface area (Å²) in [5.41, 5.74) is 0. The molecule has 2 aromatic rings. The van der Waals surface area contributed by atoms with Crippen LogP contribution in [0.3, 0.4) is 0 Å². The Hall–Kier alpha value is -1.75. The van der Waals surface area contributed by atoms with Crippen molar-refractivity contribution in [2.24, 2.45) is 0 Å². The van der Waals surface area contributed by atoms with E-state index in [1.165, 1.54) is 0 Å². The van der Waals surface area contributed by atoms with Gasteiger partial charge in [0.15, 0.2) is 6.61 Å². The highest BCUT2D eigenvalue weighted by molar-refractivity contribution is 9.10. The van der Waals surface area contributed by atoms with E-state index in [1.807, 2.05) is 43.3 Å². The molecule has 1 amide bonds. The number of carbonyl (C=O) groups excluding carboxylic acids is 1. The quantitative estimate of drug-likeness (QED) is 0.829. The highest BCUT2D eigenvalue weighted by atomic mass is 79.9. The van der Waals surface area contributed by atoms with Crippen LogP contribution in [-0.4, -0.2) is 18.6 Å². The molecule has 0 aliphatic carbocycles. The van der Waals surface area contributed by atoms with Gasteiger partial charge in [0.2, 0.25) is 0 Å². The zero-order chi connectivity index (χ0) is 15.1. The number of amides is 1. The fraction of sp³-hybridized carbons (Fsp3) is 0.312. The maximum Gasteiger partial charge on any atom is 0.258 e. The van der Waals surface area contributed by atoms with Gasteiger partial charge in [-0.05, 0) is 49.7 Å². The van der Waals surface area contributed by atoms with Crippen molar-refractivity contribution < 1.29 is 13.9 Å². The summed E-state index contributed by atoms with van der Waals surface area (Å²) in [6.07, 6.45) is 3.30. The molecule has 0 spiro atoms. The average Bonchev–Trinajstić information content (AvgIpc) is 2.98. The molecule has 1 atom stereocenters. The van der Waals surface area contributed by atoms with Crippen LogP contribution in [0.5, 0.6) is 5.75 Å². The predicted octanol–water partition coefficient (Wildman–Crippen LogP) is 3.56. The van der Waals surface area contributed by atoms with Crippen LogP contribution in [0.1, 0.15) is 19.1 Å². The number of hydrogen-bond donors (Lipinski definition) is 1. The third kappa shape index (κ3) is 5.63. The second kappa shape index (κ2) is 7.88. The van der Waals surface area contributed by atoms with E-state index < -0.39 is 0 Å². The van der Waals surface area contributed by atoms with Crippen LogP contribution < -0.4 is 10.1 Å². The Balaban J connectivity index is 1.67. The van der Waals surface area contributed by atoms with E-state index in [0.29, 0.717) is 5.75 Å². The number of halogens is 1. The van der Waals surface area contributed by atoms with Gasteiger partial charge in [0.05, 0.1) is 6.26 Å². The number of benzene rings is 1. The van der Waals surface area contributed by atoms with Crippen molar-refractivity contribution in [3.05, 3.63) is 52.9 Å². The fourth-order valence-electron chi connectivity index (χ4n) is 1.88. The standard InChI is InChI=1S/C16H18BrNO3/c1-12(4-7-14-3-2-10-20-14)18-16(19)11-21-15-8-5-13(17)6-9-15/h2-3,5-6,8-10,12H,4,7,11H2,1H3,(H,18,19)/t12-/m0/s1. The number of ether oxygens (including phenoxy) is 1. The Labute approximate surface area is 132 Å². The number of hydrogen-bond acceptors (Lipinski definition) is 3. The van der Waals surface area contributed by atoms with Crippen LogP contribution in [0.25, 0.3) is 0 Å².